The molecule has 0 aromatic heterocycles. The Kier molecular flexibility index (Phi) is 6.08. The second-order valence-electron chi connectivity index (χ2n) is 5.14. The molecule has 124 valence electrons. The van der Waals surface area contributed by atoms with E-state index in [2.05, 4.69) is 5.32 Å². The molecule has 2 aromatic carbocycles. The number of nitrogens with zero attached hydrogens (tertiary/aromatic N) is 1. The molecule has 24 heavy (non-hydrogen) atoms. The van der Waals surface area contributed by atoms with Crippen LogP contribution in [0, 0.1) is 17.0 Å². The van der Waals surface area contributed by atoms with Crippen molar-refractivity contribution in [1.82, 2.24) is 0 Å². The Bertz CT molecular complexity index is 777. The molecule has 0 aliphatic heterocycles. The SMILES string of the molecule is Cc1cccc(NC(=O)CSCC(=O)c2cccc([N+](=O)[O-])c2)c1. The summed E-state index contributed by atoms with van der Waals surface area (Å²) < 4.78 is 0. The summed E-state index contributed by atoms with van der Waals surface area (Å²) >= 11 is 1.17. The Morgan fingerprint density at radius 1 is 1.12 bits per heavy atom. The molecule has 1 N–H and O–H groups in total. The molecule has 0 aliphatic carbocycles. The second kappa shape index (κ2) is 8.26. The van der Waals surface area contributed by atoms with Crippen LogP contribution >= 0.6 is 11.8 Å². The molecular weight excluding hydrogens is 328 g/mol. The standard InChI is InChI=1S/C17H16N2O4S/c1-12-4-2-6-14(8-12)18-17(21)11-24-10-16(20)13-5-3-7-15(9-13)19(22)23/h2-9H,10-11H2,1H3,(H,18,21). The monoisotopic (exact) mass is 344 g/mol. The predicted molar refractivity (Wildman–Crippen MR) is 94.6 cm³/mol. The summed E-state index contributed by atoms with van der Waals surface area (Å²) in [5, 5.41) is 13.5. The van der Waals surface area contributed by atoms with Crippen LogP contribution in [-0.2, 0) is 4.79 Å². The first-order chi connectivity index (χ1) is 11.5. The zero-order chi connectivity index (χ0) is 17.5. The summed E-state index contributed by atoms with van der Waals surface area (Å²) in [6.07, 6.45) is 0. The Labute approximate surface area is 143 Å². The number of hydrogen-bond donors (Lipinski definition) is 1. The number of nitro benzene ring substituents is 1. The molecule has 0 saturated heterocycles. The number of rotatable bonds is 7. The third-order valence-electron chi connectivity index (χ3n) is 3.15. The number of nitro groups is 1. The maximum atomic E-state index is 12.0. The van der Waals surface area contributed by atoms with Crippen molar-refractivity contribution in [1.29, 1.82) is 0 Å². The van der Waals surface area contributed by atoms with E-state index in [0.29, 0.717) is 5.69 Å². The molecule has 1 amide bonds. The Hall–Kier alpha value is -2.67. The normalized spacial score (nSPS) is 10.2. The summed E-state index contributed by atoms with van der Waals surface area (Å²) in [4.78, 5) is 34.1. The summed E-state index contributed by atoms with van der Waals surface area (Å²) in [6, 6.07) is 13.0. The van der Waals surface area contributed by atoms with Gasteiger partial charge in [-0.2, -0.15) is 0 Å². The van der Waals surface area contributed by atoms with Crippen molar-refractivity contribution in [3.8, 4) is 0 Å². The highest BCUT2D eigenvalue weighted by molar-refractivity contribution is 8.00. The van der Waals surface area contributed by atoms with Crippen LogP contribution < -0.4 is 5.32 Å². The number of amides is 1. The molecule has 2 rings (SSSR count). The first kappa shape index (κ1) is 17.7. The highest BCUT2D eigenvalue weighted by atomic mass is 32.2. The number of Topliss-reactive ketones (excluding diaryl/α,β-unsaturated/α-hetero) is 1. The number of aryl methyl sites for hydroxylation is 1. The molecule has 0 unspecified atom stereocenters. The number of carbonyl (C=O) groups is 2. The van der Waals surface area contributed by atoms with Crippen LogP contribution in [0.4, 0.5) is 11.4 Å². The Morgan fingerprint density at radius 3 is 2.58 bits per heavy atom. The fourth-order valence-electron chi connectivity index (χ4n) is 2.03. The third kappa shape index (κ3) is 5.20. The van der Waals surface area contributed by atoms with E-state index in [-0.39, 0.29) is 34.4 Å². The van der Waals surface area contributed by atoms with E-state index in [0.717, 1.165) is 5.56 Å². The minimum Gasteiger partial charge on any atom is -0.325 e. The maximum Gasteiger partial charge on any atom is 0.270 e. The predicted octanol–water partition coefficient (Wildman–Crippen LogP) is 3.46. The van der Waals surface area contributed by atoms with Gasteiger partial charge < -0.3 is 5.32 Å². The average molecular weight is 344 g/mol. The quantitative estimate of drug-likeness (QED) is 0.472. The smallest absolute Gasteiger partial charge is 0.270 e. The molecule has 2 aromatic rings. The molecule has 0 radical (unpaired) electrons. The van der Waals surface area contributed by atoms with Crippen LogP contribution in [0.3, 0.4) is 0 Å². The van der Waals surface area contributed by atoms with Crippen LogP contribution in [0.25, 0.3) is 0 Å². The van der Waals surface area contributed by atoms with Crippen LogP contribution in [0.5, 0.6) is 0 Å². The highest BCUT2D eigenvalue weighted by Gasteiger charge is 2.12. The molecule has 0 heterocycles. The van der Waals surface area contributed by atoms with Crippen molar-refractivity contribution < 1.29 is 14.5 Å². The summed E-state index contributed by atoms with van der Waals surface area (Å²) in [7, 11) is 0. The molecule has 7 heteroatoms. The van der Waals surface area contributed by atoms with E-state index < -0.39 is 4.92 Å². The van der Waals surface area contributed by atoms with Gasteiger partial charge in [0.25, 0.3) is 5.69 Å². The molecule has 0 saturated carbocycles. The van der Waals surface area contributed by atoms with Crippen molar-refractivity contribution in [3.63, 3.8) is 0 Å². The summed E-state index contributed by atoms with van der Waals surface area (Å²) in [5.41, 5.74) is 1.91. The van der Waals surface area contributed by atoms with Crippen LogP contribution in [0.1, 0.15) is 15.9 Å². The van der Waals surface area contributed by atoms with E-state index in [9.17, 15) is 19.7 Å². The maximum absolute atomic E-state index is 12.0. The number of ketones is 1. The van der Waals surface area contributed by atoms with Gasteiger partial charge in [-0.1, -0.05) is 24.3 Å². The highest BCUT2D eigenvalue weighted by Crippen LogP contribution is 2.16. The van der Waals surface area contributed by atoms with Crippen molar-refractivity contribution in [2.24, 2.45) is 0 Å². The van der Waals surface area contributed by atoms with Crippen molar-refractivity contribution in [3.05, 3.63) is 69.8 Å². The minimum absolute atomic E-state index is 0.0857. The number of hydrogen-bond acceptors (Lipinski definition) is 5. The number of benzene rings is 2. The number of non-ortho nitro benzene ring substituents is 1. The topological polar surface area (TPSA) is 89.3 Å². The van der Waals surface area contributed by atoms with Gasteiger partial charge in [-0.25, -0.2) is 0 Å². The largest absolute Gasteiger partial charge is 0.325 e. The number of nitrogens with one attached hydrogen (secondary N) is 1. The van der Waals surface area contributed by atoms with Gasteiger partial charge in [-0.15, -0.1) is 11.8 Å². The lowest BCUT2D eigenvalue weighted by atomic mass is 10.1. The fourth-order valence-corrected chi connectivity index (χ4v) is 2.74. The van der Waals surface area contributed by atoms with E-state index in [1.165, 1.54) is 36.0 Å². The summed E-state index contributed by atoms with van der Waals surface area (Å²) in [6.45, 7) is 1.93. The van der Waals surface area contributed by atoms with Gasteiger partial charge in [0.15, 0.2) is 5.78 Å². The van der Waals surface area contributed by atoms with Gasteiger partial charge in [0.2, 0.25) is 5.91 Å². The number of anilines is 1. The lowest BCUT2D eigenvalue weighted by Gasteiger charge is -2.06. The van der Waals surface area contributed by atoms with Gasteiger partial charge in [0.05, 0.1) is 16.4 Å². The lowest BCUT2D eigenvalue weighted by Crippen LogP contribution is -2.15. The van der Waals surface area contributed by atoms with Crippen molar-refractivity contribution >= 4 is 34.8 Å². The van der Waals surface area contributed by atoms with Crippen molar-refractivity contribution in [2.45, 2.75) is 6.92 Å². The zero-order valence-electron chi connectivity index (χ0n) is 13.0. The molecule has 0 atom stereocenters. The molecular formula is C17H16N2O4S. The van der Waals surface area contributed by atoms with Crippen LogP contribution in [0.2, 0.25) is 0 Å². The second-order valence-corrected chi connectivity index (χ2v) is 6.13. The minimum atomic E-state index is -0.542. The number of carbonyl (C=O) groups excluding carboxylic acids is 2. The summed E-state index contributed by atoms with van der Waals surface area (Å²) in [5.74, 6) is -0.221. The van der Waals surface area contributed by atoms with Gasteiger partial charge in [-0.05, 0) is 24.6 Å². The number of thioether (sulfide) groups is 1. The van der Waals surface area contributed by atoms with E-state index in [1.807, 2.05) is 25.1 Å². The molecule has 0 aliphatic rings. The van der Waals surface area contributed by atoms with E-state index in [4.69, 9.17) is 0 Å². The fraction of sp³-hybridized carbons (Fsp3) is 0.176. The Morgan fingerprint density at radius 2 is 1.88 bits per heavy atom. The molecule has 6 nitrogen and oxygen atoms in total. The van der Waals surface area contributed by atoms with E-state index in [1.54, 1.807) is 6.07 Å². The van der Waals surface area contributed by atoms with Gasteiger partial charge in [0.1, 0.15) is 0 Å². The van der Waals surface area contributed by atoms with Crippen molar-refractivity contribution in [2.75, 3.05) is 16.8 Å². The Balaban J connectivity index is 1.83. The van der Waals surface area contributed by atoms with Gasteiger partial charge >= 0.3 is 0 Å². The molecule has 0 bridgehead atoms. The zero-order valence-corrected chi connectivity index (χ0v) is 13.8. The van der Waals surface area contributed by atoms with Gasteiger partial charge in [0, 0.05) is 23.4 Å². The molecule has 0 spiro atoms. The average Bonchev–Trinajstić information content (AvgIpc) is 2.54. The van der Waals surface area contributed by atoms with Gasteiger partial charge in [-0.3, -0.25) is 19.7 Å². The molecule has 0 fully saturated rings. The van der Waals surface area contributed by atoms with Crippen LogP contribution in [0.15, 0.2) is 48.5 Å². The third-order valence-corrected chi connectivity index (χ3v) is 4.08. The first-order valence-electron chi connectivity index (χ1n) is 7.17. The first-order valence-corrected chi connectivity index (χ1v) is 8.33. The lowest BCUT2D eigenvalue weighted by molar-refractivity contribution is -0.384. The van der Waals surface area contributed by atoms with E-state index >= 15 is 0 Å². The van der Waals surface area contributed by atoms with Crippen LogP contribution in [-0.4, -0.2) is 28.1 Å².